The van der Waals surface area contributed by atoms with Crippen molar-refractivity contribution in [2.75, 3.05) is 19.7 Å². The molecule has 3 N–H and O–H groups in total. The molecule has 1 aromatic rings. The predicted octanol–water partition coefficient (Wildman–Crippen LogP) is 0.189. The maximum absolute atomic E-state index is 10.7. The van der Waals surface area contributed by atoms with Crippen LogP contribution in [0.5, 0.6) is 5.88 Å². The molecular formula is C9H12ClN3O2. The maximum Gasteiger partial charge on any atom is 0.233 e. The number of nitrogens with two attached hydrogens (primary N) is 1. The van der Waals surface area contributed by atoms with E-state index in [9.17, 15) is 4.79 Å². The third-order valence-corrected chi connectivity index (χ3v) is 1.78. The van der Waals surface area contributed by atoms with E-state index in [2.05, 4.69) is 10.3 Å². The standard InChI is InChI=1S/C9H12ClN3O2/c10-7-1-2-9(13-6-7)15-4-3-12-8(14)5-11/h1-2,6H,3-5,11H2,(H,12,14). The average Bonchev–Trinajstić information content (AvgIpc) is 2.26. The summed E-state index contributed by atoms with van der Waals surface area (Å²) in [6.45, 7) is 0.736. The number of hydrogen-bond acceptors (Lipinski definition) is 4. The molecule has 0 radical (unpaired) electrons. The minimum atomic E-state index is -0.206. The van der Waals surface area contributed by atoms with Gasteiger partial charge in [0.1, 0.15) is 6.61 Å². The van der Waals surface area contributed by atoms with Crippen molar-refractivity contribution in [2.24, 2.45) is 5.73 Å². The number of nitrogens with zero attached hydrogens (tertiary/aromatic N) is 1. The second kappa shape index (κ2) is 6.21. The molecule has 0 aliphatic rings. The summed E-state index contributed by atoms with van der Waals surface area (Å²) in [5, 5.41) is 3.13. The fourth-order valence-corrected chi connectivity index (χ4v) is 0.978. The van der Waals surface area contributed by atoms with E-state index in [-0.39, 0.29) is 12.5 Å². The van der Waals surface area contributed by atoms with Crippen LogP contribution in [0.15, 0.2) is 18.3 Å². The minimum absolute atomic E-state index is 0.0147. The van der Waals surface area contributed by atoms with Crippen molar-refractivity contribution in [2.45, 2.75) is 0 Å². The van der Waals surface area contributed by atoms with Crippen molar-refractivity contribution in [3.63, 3.8) is 0 Å². The fourth-order valence-electron chi connectivity index (χ4n) is 0.866. The van der Waals surface area contributed by atoms with Crippen molar-refractivity contribution in [3.05, 3.63) is 23.4 Å². The highest BCUT2D eigenvalue weighted by Gasteiger charge is 1.97. The summed E-state index contributed by atoms with van der Waals surface area (Å²) in [5.74, 6) is 0.268. The zero-order valence-electron chi connectivity index (χ0n) is 8.07. The van der Waals surface area contributed by atoms with Crippen molar-refractivity contribution >= 4 is 17.5 Å². The van der Waals surface area contributed by atoms with Gasteiger partial charge in [-0.3, -0.25) is 4.79 Å². The number of carbonyl (C=O) groups excluding carboxylic acids is 1. The zero-order valence-corrected chi connectivity index (χ0v) is 8.83. The number of hydrogen-bond donors (Lipinski definition) is 2. The molecule has 1 amide bonds. The van der Waals surface area contributed by atoms with Gasteiger partial charge in [0.2, 0.25) is 11.8 Å². The topological polar surface area (TPSA) is 77.2 Å². The van der Waals surface area contributed by atoms with Crippen LogP contribution in [-0.2, 0) is 4.79 Å². The monoisotopic (exact) mass is 229 g/mol. The molecule has 1 rings (SSSR count). The highest BCUT2D eigenvalue weighted by atomic mass is 35.5. The molecule has 0 saturated carbocycles. The number of carbonyl (C=O) groups is 1. The van der Waals surface area contributed by atoms with Gasteiger partial charge in [0.15, 0.2) is 0 Å². The van der Waals surface area contributed by atoms with Gasteiger partial charge in [0, 0.05) is 12.3 Å². The molecular weight excluding hydrogens is 218 g/mol. The molecule has 0 aliphatic heterocycles. The second-order valence-corrected chi connectivity index (χ2v) is 3.15. The van der Waals surface area contributed by atoms with E-state index < -0.39 is 0 Å². The van der Waals surface area contributed by atoms with E-state index in [4.69, 9.17) is 22.1 Å². The third kappa shape index (κ3) is 4.62. The molecule has 15 heavy (non-hydrogen) atoms. The normalized spacial score (nSPS) is 9.73. The molecule has 1 heterocycles. The highest BCUT2D eigenvalue weighted by molar-refractivity contribution is 6.30. The SMILES string of the molecule is NCC(=O)NCCOc1ccc(Cl)cn1. The first-order chi connectivity index (χ1) is 7.22. The highest BCUT2D eigenvalue weighted by Crippen LogP contribution is 2.10. The summed E-state index contributed by atoms with van der Waals surface area (Å²) in [6.07, 6.45) is 1.50. The lowest BCUT2D eigenvalue weighted by molar-refractivity contribution is -0.119. The maximum atomic E-state index is 10.7. The van der Waals surface area contributed by atoms with E-state index in [0.717, 1.165) is 0 Å². The van der Waals surface area contributed by atoms with Crippen molar-refractivity contribution in [1.29, 1.82) is 0 Å². The summed E-state index contributed by atoms with van der Waals surface area (Å²) in [4.78, 5) is 14.7. The number of halogens is 1. The lowest BCUT2D eigenvalue weighted by atomic mass is 10.5. The number of pyridine rings is 1. The first-order valence-corrected chi connectivity index (χ1v) is 4.81. The van der Waals surface area contributed by atoms with E-state index in [0.29, 0.717) is 24.1 Å². The van der Waals surface area contributed by atoms with Gasteiger partial charge in [-0.25, -0.2) is 4.98 Å². The molecule has 0 aliphatic carbocycles. The van der Waals surface area contributed by atoms with Crippen LogP contribution in [0.25, 0.3) is 0 Å². The molecule has 1 aromatic heterocycles. The molecule has 0 saturated heterocycles. The number of aromatic nitrogens is 1. The van der Waals surface area contributed by atoms with Gasteiger partial charge in [0.25, 0.3) is 0 Å². The van der Waals surface area contributed by atoms with Crippen molar-refractivity contribution in [1.82, 2.24) is 10.3 Å². The Morgan fingerprint density at radius 1 is 1.60 bits per heavy atom. The summed E-state index contributed by atoms with van der Waals surface area (Å²) in [6, 6.07) is 3.34. The van der Waals surface area contributed by atoms with Crippen LogP contribution in [0.2, 0.25) is 5.02 Å². The summed E-state index contributed by atoms with van der Waals surface area (Å²) < 4.78 is 5.23. The van der Waals surface area contributed by atoms with Gasteiger partial charge >= 0.3 is 0 Å². The Bertz CT molecular complexity index is 316. The number of rotatable bonds is 5. The smallest absolute Gasteiger partial charge is 0.233 e. The van der Waals surface area contributed by atoms with Crippen LogP contribution in [0.4, 0.5) is 0 Å². The van der Waals surface area contributed by atoms with Gasteiger partial charge in [-0.05, 0) is 6.07 Å². The van der Waals surface area contributed by atoms with Gasteiger partial charge in [-0.1, -0.05) is 11.6 Å². The van der Waals surface area contributed by atoms with E-state index in [1.807, 2.05) is 0 Å². The van der Waals surface area contributed by atoms with Crippen LogP contribution in [0.3, 0.4) is 0 Å². The summed E-state index contributed by atoms with van der Waals surface area (Å²) in [7, 11) is 0. The zero-order chi connectivity index (χ0) is 11.1. The Morgan fingerprint density at radius 3 is 3.00 bits per heavy atom. The third-order valence-electron chi connectivity index (χ3n) is 1.56. The van der Waals surface area contributed by atoms with Gasteiger partial charge in [-0.15, -0.1) is 0 Å². The number of amides is 1. The summed E-state index contributed by atoms with van der Waals surface area (Å²) >= 11 is 5.64. The van der Waals surface area contributed by atoms with Crippen molar-refractivity contribution < 1.29 is 9.53 Å². The Morgan fingerprint density at radius 2 is 2.40 bits per heavy atom. The van der Waals surface area contributed by atoms with Crippen LogP contribution in [0, 0.1) is 0 Å². The van der Waals surface area contributed by atoms with Crippen LogP contribution in [0.1, 0.15) is 0 Å². The van der Waals surface area contributed by atoms with E-state index >= 15 is 0 Å². The van der Waals surface area contributed by atoms with Crippen molar-refractivity contribution in [3.8, 4) is 5.88 Å². The molecule has 6 heteroatoms. The quantitative estimate of drug-likeness (QED) is 0.707. The Kier molecular flexibility index (Phi) is 4.86. The predicted molar refractivity (Wildman–Crippen MR) is 56.8 cm³/mol. The second-order valence-electron chi connectivity index (χ2n) is 2.72. The summed E-state index contributed by atoms with van der Waals surface area (Å²) in [5.41, 5.74) is 5.10. The lowest BCUT2D eigenvalue weighted by Gasteiger charge is -2.05. The number of ether oxygens (including phenoxy) is 1. The molecule has 0 unspecified atom stereocenters. The largest absolute Gasteiger partial charge is 0.476 e. The van der Waals surface area contributed by atoms with Gasteiger partial charge < -0.3 is 15.8 Å². The Balaban J connectivity index is 2.20. The first kappa shape index (κ1) is 11.7. The van der Waals surface area contributed by atoms with Gasteiger partial charge in [-0.2, -0.15) is 0 Å². The fraction of sp³-hybridized carbons (Fsp3) is 0.333. The Hall–Kier alpha value is -1.33. The first-order valence-electron chi connectivity index (χ1n) is 4.43. The molecule has 0 fully saturated rings. The molecule has 0 atom stereocenters. The molecule has 0 aromatic carbocycles. The minimum Gasteiger partial charge on any atom is -0.476 e. The van der Waals surface area contributed by atoms with Crippen LogP contribution in [-0.4, -0.2) is 30.6 Å². The molecule has 82 valence electrons. The number of nitrogens with one attached hydrogen (secondary N) is 1. The van der Waals surface area contributed by atoms with Crippen LogP contribution >= 0.6 is 11.6 Å². The van der Waals surface area contributed by atoms with Crippen LogP contribution < -0.4 is 15.8 Å². The average molecular weight is 230 g/mol. The molecule has 5 nitrogen and oxygen atoms in total. The lowest BCUT2D eigenvalue weighted by Crippen LogP contribution is -2.33. The molecule has 0 bridgehead atoms. The van der Waals surface area contributed by atoms with E-state index in [1.54, 1.807) is 12.1 Å². The molecule has 0 spiro atoms. The Labute approximate surface area is 92.6 Å². The van der Waals surface area contributed by atoms with Gasteiger partial charge in [0.05, 0.1) is 18.1 Å². The van der Waals surface area contributed by atoms with E-state index in [1.165, 1.54) is 6.20 Å².